The molecule has 13 nitrogen and oxygen atoms in total. The molecule has 0 bridgehead atoms. The number of rotatable bonds is 18. The van der Waals surface area contributed by atoms with Gasteiger partial charge in [0.2, 0.25) is 6.79 Å². The molecule has 1 aromatic heterocycles. The Morgan fingerprint density at radius 2 is 1.52 bits per heavy atom. The summed E-state index contributed by atoms with van der Waals surface area (Å²) in [7, 11) is 3.09. The van der Waals surface area contributed by atoms with Crippen molar-refractivity contribution >= 4 is 71.8 Å². The Labute approximate surface area is 331 Å². The Morgan fingerprint density at radius 3 is 2.13 bits per heavy atom. The van der Waals surface area contributed by atoms with Crippen LogP contribution in [0.25, 0.3) is 0 Å². The van der Waals surface area contributed by atoms with E-state index in [1.165, 1.54) is 13.2 Å². The minimum atomic E-state index is -0.802. The number of urea groups is 1. The van der Waals surface area contributed by atoms with Gasteiger partial charge in [0.1, 0.15) is 12.4 Å². The maximum absolute atomic E-state index is 13.2. The van der Waals surface area contributed by atoms with E-state index in [0.29, 0.717) is 35.2 Å². The molecule has 54 heavy (non-hydrogen) atoms. The summed E-state index contributed by atoms with van der Waals surface area (Å²) >= 11 is 0. The van der Waals surface area contributed by atoms with Crippen LogP contribution in [-0.4, -0.2) is 69.6 Å². The average molecular weight is 792 g/mol. The Morgan fingerprint density at radius 1 is 0.852 bits per heavy atom. The third-order valence-electron chi connectivity index (χ3n) is 8.04. The van der Waals surface area contributed by atoms with Crippen molar-refractivity contribution in [3.63, 3.8) is 0 Å². The van der Waals surface area contributed by atoms with Gasteiger partial charge in [0.15, 0.2) is 0 Å². The van der Waals surface area contributed by atoms with Crippen LogP contribution in [0.2, 0.25) is 0 Å². The minimum absolute atomic E-state index is 0. The highest BCUT2D eigenvalue weighted by Gasteiger charge is 2.22. The first kappa shape index (κ1) is 47.4. The number of nitrogens with one attached hydrogen (secondary N) is 3. The zero-order valence-corrected chi connectivity index (χ0v) is 34.1. The van der Waals surface area contributed by atoms with Crippen LogP contribution < -0.4 is 25.8 Å². The fourth-order valence-electron chi connectivity index (χ4n) is 5.54. The molecule has 0 unspecified atom stereocenters. The molecule has 3 amide bonds. The molecule has 0 saturated heterocycles. The standard InChI is InChI=1S/C39H54N6O7.2ClH/c1-9-29(20-35(46)51-25-52-39(49)44(8)37-31(11-10-18-41-37)24-50-36(47)21-40-7)30-14-17-34(45(22-26(2)3)23-27(4)5)33(19-30)43-38(48)42-32-15-12-28(6)13-16-32;;/h10-19,26-27,29,40H,9,20-25H2,1-8H3,(H2,42,43,48);2*1H/t29-;;/m0../s1. The summed E-state index contributed by atoms with van der Waals surface area (Å²) in [5, 5.41) is 8.70. The average Bonchev–Trinajstić information content (AvgIpc) is 3.10. The number of ether oxygens (including phenoxy) is 3. The third kappa shape index (κ3) is 15.4. The van der Waals surface area contributed by atoms with E-state index in [1.54, 1.807) is 19.2 Å². The second-order valence-electron chi connectivity index (χ2n) is 13.5. The van der Waals surface area contributed by atoms with E-state index >= 15 is 0 Å². The molecule has 0 fully saturated rings. The van der Waals surface area contributed by atoms with E-state index in [0.717, 1.165) is 34.8 Å². The van der Waals surface area contributed by atoms with Gasteiger partial charge in [-0.2, -0.15) is 0 Å². The quantitative estimate of drug-likeness (QED) is 0.0857. The van der Waals surface area contributed by atoms with Crippen LogP contribution in [0.5, 0.6) is 0 Å². The number of carbonyl (C=O) groups excluding carboxylic acids is 4. The molecule has 3 N–H and O–H groups in total. The van der Waals surface area contributed by atoms with Crippen LogP contribution >= 0.6 is 24.8 Å². The van der Waals surface area contributed by atoms with Crippen LogP contribution in [0.15, 0.2) is 60.8 Å². The number of amides is 3. The molecule has 0 aliphatic carbocycles. The van der Waals surface area contributed by atoms with Crippen LogP contribution in [-0.2, 0) is 30.4 Å². The maximum atomic E-state index is 13.2. The number of aryl methyl sites for hydroxylation is 1. The predicted molar refractivity (Wildman–Crippen MR) is 218 cm³/mol. The van der Waals surface area contributed by atoms with Gasteiger partial charge in [-0.25, -0.2) is 14.6 Å². The highest BCUT2D eigenvalue weighted by molar-refractivity contribution is 6.02. The maximum Gasteiger partial charge on any atom is 0.418 e. The lowest BCUT2D eigenvalue weighted by atomic mass is 9.92. The first-order valence-corrected chi connectivity index (χ1v) is 17.6. The van der Waals surface area contributed by atoms with E-state index in [-0.39, 0.29) is 62.2 Å². The zero-order chi connectivity index (χ0) is 38.2. The summed E-state index contributed by atoms with van der Waals surface area (Å²) in [6, 6.07) is 16.5. The summed E-state index contributed by atoms with van der Waals surface area (Å²) in [4.78, 5) is 58.5. The lowest BCUT2D eigenvalue weighted by Gasteiger charge is -2.31. The predicted octanol–water partition coefficient (Wildman–Crippen LogP) is 7.92. The molecule has 0 aliphatic heterocycles. The highest BCUT2D eigenvalue weighted by Crippen LogP contribution is 2.34. The van der Waals surface area contributed by atoms with Crippen LogP contribution in [0.4, 0.5) is 32.5 Å². The number of hydrogen-bond donors (Lipinski definition) is 3. The fraction of sp³-hybridized carbons (Fsp3) is 0.462. The number of likely N-dealkylation sites (N-methyl/N-ethyl adjacent to an activating group) is 1. The first-order chi connectivity index (χ1) is 24.8. The van der Waals surface area contributed by atoms with Crippen molar-refractivity contribution in [3.8, 4) is 0 Å². The lowest BCUT2D eigenvalue weighted by molar-refractivity contribution is -0.152. The summed E-state index contributed by atoms with van der Waals surface area (Å²) < 4.78 is 15.8. The minimum Gasteiger partial charge on any atom is -0.460 e. The van der Waals surface area contributed by atoms with Crippen molar-refractivity contribution in [2.45, 2.75) is 66.9 Å². The van der Waals surface area contributed by atoms with Gasteiger partial charge in [0.25, 0.3) is 0 Å². The van der Waals surface area contributed by atoms with Gasteiger partial charge in [-0.3, -0.25) is 14.5 Å². The molecular formula is C39H56Cl2N6O7. The number of benzene rings is 2. The number of pyridine rings is 1. The monoisotopic (exact) mass is 790 g/mol. The summed E-state index contributed by atoms with van der Waals surface area (Å²) in [6.45, 7) is 13.6. The van der Waals surface area contributed by atoms with Crippen LogP contribution in [0, 0.1) is 18.8 Å². The van der Waals surface area contributed by atoms with Gasteiger partial charge in [0.05, 0.1) is 24.3 Å². The molecule has 3 aromatic rings. The van der Waals surface area contributed by atoms with Gasteiger partial charge in [-0.15, -0.1) is 24.8 Å². The number of aromatic nitrogens is 1. The molecule has 15 heteroatoms. The normalized spacial score (nSPS) is 11.1. The van der Waals surface area contributed by atoms with Crippen LogP contribution in [0.1, 0.15) is 70.1 Å². The molecule has 0 spiro atoms. The Balaban J connectivity index is 0.00000729. The van der Waals surface area contributed by atoms with E-state index < -0.39 is 24.8 Å². The fourth-order valence-corrected chi connectivity index (χ4v) is 5.54. The van der Waals surface area contributed by atoms with Crippen molar-refractivity contribution in [2.24, 2.45) is 11.8 Å². The van der Waals surface area contributed by atoms with Crippen molar-refractivity contribution in [1.82, 2.24) is 10.3 Å². The highest BCUT2D eigenvalue weighted by atomic mass is 35.5. The summed E-state index contributed by atoms with van der Waals surface area (Å²) in [5.74, 6) is -0.216. The van der Waals surface area contributed by atoms with Crippen molar-refractivity contribution in [3.05, 3.63) is 77.5 Å². The molecule has 2 aromatic carbocycles. The van der Waals surface area contributed by atoms with Gasteiger partial charge >= 0.3 is 24.1 Å². The molecule has 0 saturated carbocycles. The smallest absolute Gasteiger partial charge is 0.418 e. The lowest BCUT2D eigenvalue weighted by Crippen LogP contribution is -2.32. The number of halogens is 2. The molecule has 3 rings (SSSR count). The van der Waals surface area contributed by atoms with Crippen molar-refractivity contribution in [2.75, 3.05) is 61.0 Å². The topological polar surface area (TPSA) is 151 Å². The second kappa shape index (κ2) is 23.9. The van der Waals surface area contributed by atoms with E-state index in [9.17, 15) is 19.2 Å². The molecular weight excluding hydrogens is 735 g/mol. The number of carbonyl (C=O) groups is 4. The number of esters is 2. The van der Waals surface area contributed by atoms with Crippen molar-refractivity contribution < 1.29 is 33.4 Å². The van der Waals surface area contributed by atoms with Gasteiger partial charge in [-0.05, 0) is 74.0 Å². The summed E-state index contributed by atoms with van der Waals surface area (Å²) in [6.07, 6.45) is 1.35. The molecule has 298 valence electrons. The van der Waals surface area contributed by atoms with Gasteiger partial charge in [0, 0.05) is 37.6 Å². The molecule has 0 aliphatic rings. The third-order valence-corrected chi connectivity index (χ3v) is 8.04. The molecule has 1 heterocycles. The largest absolute Gasteiger partial charge is 0.460 e. The van der Waals surface area contributed by atoms with E-state index in [2.05, 4.69) is 53.5 Å². The molecule has 0 radical (unpaired) electrons. The van der Waals surface area contributed by atoms with Crippen LogP contribution in [0.3, 0.4) is 0 Å². The first-order valence-electron chi connectivity index (χ1n) is 17.6. The Bertz CT molecular complexity index is 1630. The van der Waals surface area contributed by atoms with Gasteiger partial charge < -0.3 is 35.1 Å². The Hall–Kier alpha value is -4.59. The number of hydrogen-bond acceptors (Lipinski definition) is 10. The number of nitrogens with zero attached hydrogens (tertiary/aromatic N) is 3. The van der Waals surface area contributed by atoms with Gasteiger partial charge in [-0.1, -0.05) is 64.4 Å². The molecule has 1 atom stereocenters. The van der Waals surface area contributed by atoms with E-state index in [4.69, 9.17) is 14.2 Å². The Kier molecular flexibility index (Phi) is 21.0. The van der Waals surface area contributed by atoms with Crippen molar-refractivity contribution in [1.29, 1.82) is 0 Å². The van der Waals surface area contributed by atoms with E-state index in [1.807, 2.05) is 56.3 Å². The zero-order valence-electron chi connectivity index (χ0n) is 32.5. The second-order valence-corrected chi connectivity index (χ2v) is 13.5. The summed E-state index contributed by atoms with van der Waals surface area (Å²) in [5.41, 5.74) is 4.66. The SMILES string of the molecule is CC[C@@H](CC(=O)OCOC(=O)N(C)c1ncccc1COC(=O)CNC)c1ccc(N(CC(C)C)CC(C)C)c(NC(=O)Nc2ccc(C)cc2)c1.Cl.Cl. The number of anilines is 4.